The summed E-state index contributed by atoms with van der Waals surface area (Å²) in [6.07, 6.45) is 0. The average molecular weight is 321 g/mol. The summed E-state index contributed by atoms with van der Waals surface area (Å²) in [6.45, 7) is 8.18. The lowest BCUT2D eigenvalue weighted by atomic mass is 10.1. The van der Waals surface area contributed by atoms with E-state index in [1.807, 2.05) is 31.2 Å². The second kappa shape index (κ2) is 7.18. The highest BCUT2D eigenvalue weighted by Crippen LogP contribution is 2.36. The molecule has 1 fully saturated rings. The number of ether oxygens (including phenoxy) is 1. The molecule has 1 aliphatic rings. The van der Waals surface area contributed by atoms with Gasteiger partial charge in [-0.25, -0.2) is 4.79 Å². The number of rotatable bonds is 4. The number of thioether (sulfide) groups is 1. The molecule has 120 valence electrons. The van der Waals surface area contributed by atoms with E-state index in [-0.39, 0.29) is 23.2 Å². The molecule has 2 rings (SSSR count). The van der Waals surface area contributed by atoms with Gasteiger partial charge in [-0.1, -0.05) is 32.0 Å². The zero-order chi connectivity index (χ0) is 16.3. The van der Waals surface area contributed by atoms with E-state index in [0.29, 0.717) is 17.9 Å². The van der Waals surface area contributed by atoms with Crippen LogP contribution in [0.15, 0.2) is 24.3 Å². The molecule has 1 amide bonds. The van der Waals surface area contributed by atoms with Gasteiger partial charge in [0.2, 0.25) is 0 Å². The Morgan fingerprint density at radius 2 is 2.05 bits per heavy atom. The lowest BCUT2D eigenvalue weighted by Crippen LogP contribution is -2.48. The molecule has 2 unspecified atom stereocenters. The molecule has 4 nitrogen and oxygen atoms in total. The molecule has 1 aromatic carbocycles. The summed E-state index contributed by atoms with van der Waals surface area (Å²) < 4.78 is 5.15. The minimum Gasteiger partial charge on any atom is -0.464 e. The number of benzene rings is 1. The van der Waals surface area contributed by atoms with Gasteiger partial charge in [-0.2, -0.15) is 0 Å². The van der Waals surface area contributed by atoms with E-state index in [1.54, 1.807) is 23.6 Å². The molecule has 0 radical (unpaired) electrons. The highest BCUT2D eigenvalue weighted by Gasteiger charge is 2.43. The van der Waals surface area contributed by atoms with Gasteiger partial charge in [0.15, 0.2) is 0 Å². The third-order valence-corrected chi connectivity index (χ3v) is 5.39. The molecular weight excluding hydrogens is 298 g/mol. The molecule has 22 heavy (non-hydrogen) atoms. The highest BCUT2D eigenvalue weighted by atomic mass is 32.2. The van der Waals surface area contributed by atoms with E-state index < -0.39 is 6.04 Å². The third kappa shape index (κ3) is 3.29. The first-order valence-corrected chi connectivity index (χ1v) is 8.68. The first-order valence-electron chi connectivity index (χ1n) is 7.63. The minimum atomic E-state index is -0.496. The van der Waals surface area contributed by atoms with Crippen molar-refractivity contribution in [1.29, 1.82) is 0 Å². The first-order chi connectivity index (χ1) is 10.5. The van der Waals surface area contributed by atoms with Crippen LogP contribution in [-0.4, -0.2) is 40.6 Å². The van der Waals surface area contributed by atoms with Crippen LogP contribution in [0.5, 0.6) is 0 Å². The van der Waals surface area contributed by atoms with Gasteiger partial charge >= 0.3 is 5.97 Å². The van der Waals surface area contributed by atoms with Crippen molar-refractivity contribution < 1.29 is 14.3 Å². The molecule has 5 heteroatoms. The van der Waals surface area contributed by atoms with Crippen molar-refractivity contribution in [1.82, 2.24) is 4.90 Å². The number of aryl methyl sites for hydroxylation is 1. The van der Waals surface area contributed by atoms with Crippen LogP contribution in [0.1, 0.15) is 36.7 Å². The van der Waals surface area contributed by atoms with Crippen LogP contribution in [0.3, 0.4) is 0 Å². The van der Waals surface area contributed by atoms with Crippen molar-refractivity contribution in [2.45, 2.75) is 39.1 Å². The van der Waals surface area contributed by atoms with Gasteiger partial charge in [0, 0.05) is 11.3 Å². The van der Waals surface area contributed by atoms with Crippen LogP contribution in [0.4, 0.5) is 0 Å². The number of carbonyl (C=O) groups is 2. The minimum absolute atomic E-state index is 0.00140. The van der Waals surface area contributed by atoms with Crippen molar-refractivity contribution in [3.63, 3.8) is 0 Å². The first kappa shape index (κ1) is 16.9. The molecule has 0 aromatic heterocycles. The van der Waals surface area contributed by atoms with Gasteiger partial charge in [0.05, 0.1) is 12.0 Å². The third-order valence-electron chi connectivity index (χ3n) is 3.77. The largest absolute Gasteiger partial charge is 0.464 e. The zero-order valence-electron chi connectivity index (χ0n) is 13.5. The van der Waals surface area contributed by atoms with E-state index in [4.69, 9.17) is 4.74 Å². The fourth-order valence-electron chi connectivity index (χ4n) is 2.67. The molecule has 1 aromatic rings. The Morgan fingerprint density at radius 3 is 2.64 bits per heavy atom. The Hall–Kier alpha value is -1.49. The molecule has 1 saturated heterocycles. The van der Waals surface area contributed by atoms with E-state index in [2.05, 4.69) is 13.8 Å². The summed E-state index contributed by atoms with van der Waals surface area (Å²) in [6, 6.07) is 7.01. The molecule has 0 bridgehead atoms. The lowest BCUT2D eigenvalue weighted by molar-refractivity contribution is -0.147. The fourth-order valence-corrected chi connectivity index (χ4v) is 4.13. The van der Waals surface area contributed by atoms with Gasteiger partial charge in [-0.3, -0.25) is 4.79 Å². The Morgan fingerprint density at radius 1 is 1.36 bits per heavy atom. The van der Waals surface area contributed by atoms with E-state index in [9.17, 15) is 9.59 Å². The number of hydrogen-bond acceptors (Lipinski definition) is 4. The smallest absolute Gasteiger partial charge is 0.329 e. The maximum absolute atomic E-state index is 13.0. The van der Waals surface area contributed by atoms with Gasteiger partial charge in [-0.05, 0) is 31.4 Å². The Balaban J connectivity index is 2.34. The van der Waals surface area contributed by atoms with Crippen LogP contribution >= 0.6 is 11.8 Å². The van der Waals surface area contributed by atoms with Gasteiger partial charge in [0.1, 0.15) is 6.04 Å². The Bertz CT molecular complexity index is 559. The molecule has 2 atom stereocenters. The summed E-state index contributed by atoms with van der Waals surface area (Å²) >= 11 is 1.65. The molecule has 1 aliphatic heterocycles. The highest BCUT2D eigenvalue weighted by molar-refractivity contribution is 8.00. The summed E-state index contributed by atoms with van der Waals surface area (Å²) in [7, 11) is 0. The molecule has 1 heterocycles. The predicted octanol–water partition coefficient (Wildman–Crippen LogP) is 3.10. The SMILES string of the molecule is CCOC(=O)C1CSC(C(C)C)N1C(=O)c1ccccc1C. The van der Waals surface area contributed by atoms with Gasteiger partial charge < -0.3 is 9.64 Å². The fraction of sp³-hybridized carbons (Fsp3) is 0.529. The van der Waals surface area contributed by atoms with Crippen molar-refractivity contribution in [3.8, 4) is 0 Å². The van der Waals surface area contributed by atoms with Crippen LogP contribution < -0.4 is 0 Å². The normalized spacial score (nSPS) is 21.2. The van der Waals surface area contributed by atoms with Crippen molar-refractivity contribution in [2.75, 3.05) is 12.4 Å². The summed E-state index contributed by atoms with van der Waals surface area (Å²) in [5, 5.41) is 0.00140. The van der Waals surface area contributed by atoms with E-state index in [0.717, 1.165) is 5.56 Å². The quantitative estimate of drug-likeness (QED) is 0.800. The maximum Gasteiger partial charge on any atom is 0.329 e. The topological polar surface area (TPSA) is 46.6 Å². The summed E-state index contributed by atoms with van der Waals surface area (Å²) in [4.78, 5) is 26.9. The zero-order valence-corrected chi connectivity index (χ0v) is 14.4. The molecule has 0 saturated carbocycles. The van der Waals surface area contributed by atoms with Crippen LogP contribution in [0.2, 0.25) is 0 Å². The second-order valence-corrected chi connectivity index (χ2v) is 6.91. The molecule has 0 aliphatic carbocycles. The predicted molar refractivity (Wildman–Crippen MR) is 88.9 cm³/mol. The van der Waals surface area contributed by atoms with Crippen LogP contribution in [-0.2, 0) is 9.53 Å². The number of carbonyl (C=O) groups excluding carboxylic acids is 2. The second-order valence-electron chi connectivity index (χ2n) is 5.76. The average Bonchev–Trinajstić information content (AvgIpc) is 2.92. The van der Waals surface area contributed by atoms with Crippen LogP contribution in [0.25, 0.3) is 0 Å². The molecule has 0 N–H and O–H groups in total. The lowest BCUT2D eigenvalue weighted by Gasteiger charge is -2.31. The Labute approximate surface area is 136 Å². The van der Waals surface area contributed by atoms with Crippen molar-refractivity contribution in [2.24, 2.45) is 5.92 Å². The Kier molecular flexibility index (Phi) is 5.51. The maximum atomic E-state index is 13.0. The number of nitrogens with zero attached hydrogens (tertiary/aromatic N) is 1. The molecule has 0 spiro atoms. The van der Waals surface area contributed by atoms with Crippen molar-refractivity contribution in [3.05, 3.63) is 35.4 Å². The number of hydrogen-bond donors (Lipinski definition) is 0. The number of amides is 1. The number of esters is 1. The van der Waals surface area contributed by atoms with Crippen molar-refractivity contribution >= 4 is 23.6 Å². The summed E-state index contributed by atoms with van der Waals surface area (Å²) in [5.74, 6) is 0.483. The monoisotopic (exact) mass is 321 g/mol. The molecular formula is C17H23NO3S. The summed E-state index contributed by atoms with van der Waals surface area (Å²) in [5.41, 5.74) is 1.58. The standard InChI is InChI=1S/C17H23NO3S/c1-5-21-17(20)14-10-22-16(11(2)3)18(14)15(19)13-9-7-6-8-12(13)4/h6-9,11,14,16H,5,10H2,1-4H3. The van der Waals surface area contributed by atoms with Crippen LogP contribution in [0, 0.1) is 12.8 Å². The van der Waals surface area contributed by atoms with E-state index >= 15 is 0 Å². The van der Waals surface area contributed by atoms with E-state index in [1.165, 1.54) is 0 Å². The van der Waals surface area contributed by atoms with Gasteiger partial charge in [0.25, 0.3) is 5.91 Å². The van der Waals surface area contributed by atoms with Gasteiger partial charge in [-0.15, -0.1) is 11.8 Å².